The lowest BCUT2D eigenvalue weighted by Gasteiger charge is -2.23. The molecule has 0 aliphatic rings. The molecule has 182 valence electrons. The summed E-state index contributed by atoms with van der Waals surface area (Å²) in [5.41, 5.74) is 0.401. The molecule has 1 unspecified atom stereocenters. The summed E-state index contributed by atoms with van der Waals surface area (Å²) in [4.78, 5) is 24.4. The molecule has 0 radical (unpaired) electrons. The van der Waals surface area contributed by atoms with Crippen LogP contribution in [0.1, 0.15) is 35.5 Å². The molecule has 7 nitrogen and oxygen atoms in total. The molecular formula is C21H25F3NO6PS. The third-order valence-corrected chi connectivity index (χ3v) is 7.34. The van der Waals surface area contributed by atoms with Crippen molar-refractivity contribution in [2.24, 2.45) is 0 Å². The second-order valence-corrected chi connectivity index (χ2v) is 10.4. The Kier molecular flexibility index (Phi) is 9.66. The fourth-order valence-electron chi connectivity index (χ4n) is 2.72. The highest BCUT2D eigenvalue weighted by atomic mass is 32.1. The Morgan fingerprint density at radius 2 is 2.00 bits per heavy atom. The molecule has 1 N–H and O–H groups in total. The smallest absolute Gasteiger partial charge is 0.412 e. The number of ether oxygens (including phenoxy) is 2. The van der Waals surface area contributed by atoms with E-state index in [1.54, 1.807) is 31.2 Å². The molecule has 0 aliphatic carbocycles. The lowest BCUT2D eigenvalue weighted by Crippen LogP contribution is -2.35. The molecule has 0 bridgehead atoms. The van der Waals surface area contributed by atoms with E-state index in [-0.39, 0.29) is 13.2 Å². The van der Waals surface area contributed by atoms with Gasteiger partial charge in [-0.05, 0) is 42.5 Å². The van der Waals surface area contributed by atoms with Crippen LogP contribution in [0.4, 0.5) is 13.2 Å². The zero-order valence-corrected chi connectivity index (χ0v) is 19.9. The molecule has 33 heavy (non-hydrogen) atoms. The largest absolute Gasteiger partial charge is 0.465 e. The van der Waals surface area contributed by atoms with Gasteiger partial charge in [-0.3, -0.25) is 9.36 Å². The number of esters is 2. The normalized spacial score (nSPS) is 14.5. The summed E-state index contributed by atoms with van der Waals surface area (Å²) in [7, 11) is -4.16. The van der Waals surface area contributed by atoms with Gasteiger partial charge in [-0.15, -0.1) is 11.3 Å². The van der Waals surface area contributed by atoms with Crippen LogP contribution in [0.15, 0.2) is 36.9 Å². The lowest BCUT2D eigenvalue weighted by atomic mass is 10.2. The fourth-order valence-corrected chi connectivity index (χ4v) is 5.64. The monoisotopic (exact) mass is 507 g/mol. The third-order valence-electron chi connectivity index (χ3n) is 4.13. The Bertz CT molecular complexity index is 1040. The van der Waals surface area contributed by atoms with Gasteiger partial charge in [0.25, 0.3) is 7.52 Å². The van der Waals surface area contributed by atoms with Crippen LogP contribution in [-0.2, 0) is 29.5 Å². The number of carbonyl (C=O) groups is 2. The quantitative estimate of drug-likeness (QED) is 0.232. The molecule has 1 aromatic heterocycles. The summed E-state index contributed by atoms with van der Waals surface area (Å²) < 4.78 is 67.0. The van der Waals surface area contributed by atoms with Gasteiger partial charge in [0.1, 0.15) is 17.5 Å². The minimum absolute atomic E-state index is 0.0581. The van der Waals surface area contributed by atoms with Crippen molar-refractivity contribution in [3.05, 3.63) is 47.4 Å². The maximum absolute atomic E-state index is 13.3. The van der Waals surface area contributed by atoms with E-state index in [2.05, 4.69) is 11.7 Å². The summed E-state index contributed by atoms with van der Waals surface area (Å²) in [5, 5.41) is 3.02. The lowest BCUT2D eigenvalue weighted by molar-refractivity contribution is -0.153. The van der Waals surface area contributed by atoms with Gasteiger partial charge in [-0.25, -0.2) is 9.88 Å². The van der Waals surface area contributed by atoms with Crippen LogP contribution in [0.2, 0.25) is 0 Å². The Morgan fingerprint density at radius 1 is 1.27 bits per heavy atom. The molecule has 0 fully saturated rings. The van der Waals surface area contributed by atoms with Crippen molar-refractivity contribution < 1.29 is 41.3 Å². The molecular weight excluding hydrogens is 482 g/mol. The Labute approximate surface area is 193 Å². The molecule has 1 aromatic carbocycles. The van der Waals surface area contributed by atoms with Crippen LogP contribution >= 0.6 is 18.9 Å². The first kappa shape index (κ1) is 27.0. The Balaban J connectivity index is 2.24. The molecule has 2 rings (SSSR count). The third kappa shape index (κ3) is 8.58. The first-order valence-corrected chi connectivity index (χ1v) is 12.6. The van der Waals surface area contributed by atoms with Gasteiger partial charge < -0.3 is 14.0 Å². The summed E-state index contributed by atoms with van der Waals surface area (Å²) in [6, 6.07) is 5.26. The van der Waals surface area contributed by atoms with Crippen LogP contribution in [0.3, 0.4) is 0 Å². The van der Waals surface area contributed by atoms with Gasteiger partial charge in [-0.2, -0.15) is 13.2 Å². The van der Waals surface area contributed by atoms with E-state index in [0.717, 1.165) is 4.70 Å². The van der Waals surface area contributed by atoms with E-state index < -0.39 is 44.4 Å². The number of alkyl halides is 3. The van der Waals surface area contributed by atoms with Crippen molar-refractivity contribution in [2.75, 3.05) is 19.8 Å². The minimum Gasteiger partial charge on any atom is -0.465 e. The number of fused-ring (bicyclic) bond motifs is 1. The molecule has 0 amide bonds. The first-order valence-electron chi connectivity index (χ1n) is 10.0. The number of hydrogen-bond acceptors (Lipinski definition) is 7. The van der Waals surface area contributed by atoms with Gasteiger partial charge in [0, 0.05) is 4.70 Å². The van der Waals surface area contributed by atoms with E-state index in [1.165, 1.54) is 24.3 Å². The second-order valence-electron chi connectivity index (χ2n) is 7.11. The van der Waals surface area contributed by atoms with E-state index >= 15 is 0 Å². The predicted octanol–water partition coefficient (Wildman–Crippen LogP) is 5.45. The van der Waals surface area contributed by atoms with Crippen molar-refractivity contribution in [3.8, 4) is 0 Å². The number of halogens is 3. The van der Waals surface area contributed by atoms with Crippen molar-refractivity contribution in [1.29, 1.82) is 0 Å². The fraction of sp³-hybridized carbons (Fsp3) is 0.429. The molecule has 1 heterocycles. The van der Waals surface area contributed by atoms with Crippen LogP contribution < -0.4 is 5.09 Å². The Hall–Kier alpha value is -2.20. The van der Waals surface area contributed by atoms with E-state index in [1.807, 2.05) is 0 Å². The van der Waals surface area contributed by atoms with E-state index in [9.17, 15) is 27.3 Å². The van der Waals surface area contributed by atoms with Gasteiger partial charge in [0.05, 0.1) is 12.8 Å². The summed E-state index contributed by atoms with van der Waals surface area (Å²) in [6.45, 7) is 5.04. The van der Waals surface area contributed by atoms with Crippen molar-refractivity contribution in [2.45, 2.75) is 38.6 Å². The molecule has 2 aromatic rings. The first-order chi connectivity index (χ1) is 15.5. The molecule has 0 spiro atoms. The van der Waals surface area contributed by atoms with Crippen molar-refractivity contribution in [3.63, 3.8) is 0 Å². The second kappa shape index (κ2) is 11.8. The van der Waals surface area contributed by atoms with Crippen molar-refractivity contribution in [1.82, 2.24) is 5.09 Å². The maximum atomic E-state index is 13.3. The zero-order chi connectivity index (χ0) is 24.6. The zero-order valence-electron chi connectivity index (χ0n) is 18.1. The molecule has 2 atom stereocenters. The highest BCUT2D eigenvalue weighted by molar-refractivity contribution is 7.56. The van der Waals surface area contributed by atoms with Gasteiger partial charge >= 0.3 is 18.1 Å². The molecule has 12 heteroatoms. The van der Waals surface area contributed by atoms with Crippen LogP contribution in [-0.4, -0.2) is 44.0 Å². The average molecular weight is 507 g/mol. The van der Waals surface area contributed by atoms with Crippen molar-refractivity contribution >= 4 is 40.9 Å². The number of benzene rings is 1. The minimum atomic E-state index is -4.71. The van der Waals surface area contributed by atoms with Crippen LogP contribution in [0.25, 0.3) is 10.1 Å². The molecule has 0 aliphatic heterocycles. The van der Waals surface area contributed by atoms with Gasteiger partial charge in [-0.1, -0.05) is 25.6 Å². The summed E-state index contributed by atoms with van der Waals surface area (Å²) in [6.07, 6.45) is -3.11. The number of thiophene rings is 1. The topological polar surface area (TPSA) is 90.9 Å². The van der Waals surface area contributed by atoms with Gasteiger partial charge in [0.15, 0.2) is 6.61 Å². The van der Waals surface area contributed by atoms with E-state index in [0.29, 0.717) is 22.2 Å². The number of hydrogen-bond donors (Lipinski definition) is 1. The number of rotatable bonds is 12. The number of carbonyl (C=O) groups excluding carboxylic acids is 2. The standard InChI is InChI=1S/C21H25F3NO6PS/c1-4-8-29-19(26)14(3)25-32(28,31-13-21(22,23)24)12-15-6-7-17-16(10-15)11-18(33-17)20(27)30-9-5-2/h5-7,10-11,14H,2,4,8-9,12-13H2,1,3H3,(H,25,28)/t14-,32?/m0/s1. The van der Waals surface area contributed by atoms with Crippen LogP contribution in [0, 0.1) is 0 Å². The summed E-state index contributed by atoms with van der Waals surface area (Å²) in [5.74, 6) is -1.28. The van der Waals surface area contributed by atoms with Gasteiger partial charge in [0.2, 0.25) is 0 Å². The van der Waals surface area contributed by atoms with E-state index in [4.69, 9.17) is 14.0 Å². The highest BCUT2D eigenvalue weighted by Gasteiger charge is 2.36. The average Bonchev–Trinajstić information content (AvgIpc) is 3.17. The maximum Gasteiger partial charge on any atom is 0.412 e. The van der Waals surface area contributed by atoms with Crippen LogP contribution in [0.5, 0.6) is 0 Å². The summed E-state index contributed by atoms with van der Waals surface area (Å²) >= 11 is 1.18. The predicted molar refractivity (Wildman–Crippen MR) is 119 cm³/mol. The molecule has 0 saturated carbocycles. The Morgan fingerprint density at radius 3 is 2.64 bits per heavy atom. The SMILES string of the molecule is C=CCOC(=O)c1cc2cc(CP(=O)(N[C@@H](C)C(=O)OCCC)OCC(F)(F)F)ccc2s1. The number of nitrogens with one attached hydrogen (secondary N) is 1. The molecule has 0 saturated heterocycles. The highest BCUT2D eigenvalue weighted by Crippen LogP contribution is 2.48.